The number of hydrogen-bond donors (Lipinski definition) is 1. The second kappa shape index (κ2) is 6.85. The summed E-state index contributed by atoms with van der Waals surface area (Å²) in [7, 11) is 1.57. The van der Waals surface area contributed by atoms with Crippen molar-refractivity contribution >= 4 is 17.7 Å². The molecular formula is C16H24N4O3. The van der Waals surface area contributed by atoms with E-state index in [2.05, 4.69) is 10.3 Å². The summed E-state index contributed by atoms with van der Waals surface area (Å²) in [5.41, 5.74) is 0.343. The van der Waals surface area contributed by atoms with Gasteiger partial charge in [-0.05, 0) is 32.9 Å². The molecule has 7 nitrogen and oxygen atoms in total. The van der Waals surface area contributed by atoms with Gasteiger partial charge in [-0.2, -0.15) is 0 Å². The van der Waals surface area contributed by atoms with Crippen molar-refractivity contribution in [3.63, 3.8) is 0 Å². The smallest absolute Gasteiger partial charge is 0.411 e. The van der Waals surface area contributed by atoms with Crippen LogP contribution in [-0.2, 0) is 9.53 Å². The maximum Gasteiger partial charge on any atom is 0.411 e. The molecule has 1 aliphatic heterocycles. The lowest BCUT2D eigenvalue weighted by Crippen LogP contribution is -2.61. The van der Waals surface area contributed by atoms with Crippen molar-refractivity contribution in [3.8, 4) is 0 Å². The van der Waals surface area contributed by atoms with E-state index < -0.39 is 17.7 Å². The fourth-order valence-corrected chi connectivity index (χ4v) is 2.49. The molecule has 0 aromatic carbocycles. The SMILES string of the molecule is CNC(=O)C1CN(c2cccnc2)CCN1C(=O)OC(C)(C)C. The number of piperazine rings is 1. The van der Waals surface area contributed by atoms with Crippen LogP contribution in [0.1, 0.15) is 20.8 Å². The molecule has 1 aromatic heterocycles. The van der Waals surface area contributed by atoms with Crippen LogP contribution in [0.3, 0.4) is 0 Å². The Bertz CT molecular complexity index is 556. The number of carbonyl (C=O) groups excluding carboxylic acids is 2. The fourth-order valence-electron chi connectivity index (χ4n) is 2.49. The number of hydrogen-bond acceptors (Lipinski definition) is 5. The molecule has 0 spiro atoms. The Morgan fingerprint density at radius 2 is 2.09 bits per heavy atom. The monoisotopic (exact) mass is 320 g/mol. The summed E-state index contributed by atoms with van der Waals surface area (Å²) in [6.45, 7) is 6.88. The fraction of sp³-hybridized carbons (Fsp3) is 0.562. The van der Waals surface area contributed by atoms with E-state index in [4.69, 9.17) is 4.74 Å². The number of likely N-dealkylation sites (N-methyl/N-ethyl adjacent to an activating group) is 1. The first-order valence-electron chi connectivity index (χ1n) is 7.68. The average molecular weight is 320 g/mol. The number of pyridine rings is 1. The van der Waals surface area contributed by atoms with Crippen LogP contribution in [0.5, 0.6) is 0 Å². The summed E-state index contributed by atoms with van der Waals surface area (Å²) in [5.74, 6) is -0.204. The van der Waals surface area contributed by atoms with Crippen molar-refractivity contribution in [2.75, 3.05) is 31.6 Å². The van der Waals surface area contributed by atoms with Gasteiger partial charge in [0.2, 0.25) is 5.91 Å². The second-order valence-corrected chi connectivity index (χ2v) is 6.46. The Morgan fingerprint density at radius 1 is 1.35 bits per heavy atom. The molecule has 1 aliphatic rings. The normalized spacial score (nSPS) is 18.5. The molecule has 1 unspecified atom stereocenters. The summed E-state index contributed by atoms with van der Waals surface area (Å²) in [4.78, 5) is 32.3. The summed E-state index contributed by atoms with van der Waals surface area (Å²) in [5, 5.41) is 2.62. The number of ether oxygens (including phenoxy) is 1. The number of anilines is 1. The maximum absolute atomic E-state index is 12.4. The zero-order valence-electron chi connectivity index (χ0n) is 14.1. The van der Waals surface area contributed by atoms with Crippen LogP contribution < -0.4 is 10.2 Å². The number of nitrogens with one attached hydrogen (secondary N) is 1. The molecule has 2 heterocycles. The predicted molar refractivity (Wildman–Crippen MR) is 87.2 cm³/mol. The van der Waals surface area contributed by atoms with Gasteiger partial charge >= 0.3 is 6.09 Å². The van der Waals surface area contributed by atoms with Gasteiger partial charge in [0.1, 0.15) is 11.6 Å². The molecule has 0 bridgehead atoms. The number of amides is 2. The van der Waals surface area contributed by atoms with Crippen LogP contribution in [0.15, 0.2) is 24.5 Å². The van der Waals surface area contributed by atoms with E-state index in [1.807, 2.05) is 37.8 Å². The van der Waals surface area contributed by atoms with Crippen LogP contribution >= 0.6 is 0 Å². The van der Waals surface area contributed by atoms with E-state index in [0.717, 1.165) is 5.69 Å². The molecule has 23 heavy (non-hydrogen) atoms. The first kappa shape index (κ1) is 17.1. The van der Waals surface area contributed by atoms with Crippen LogP contribution in [-0.4, -0.2) is 60.2 Å². The molecule has 1 atom stereocenters. The third kappa shape index (κ3) is 4.34. The Balaban J connectivity index is 2.16. The van der Waals surface area contributed by atoms with Gasteiger partial charge in [-0.25, -0.2) is 4.79 Å². The molecule has 1 fully saturated rings. The maximum atomic E-state index is 12.4. The standard InChI is InChI=1S/C16H24N4O3/c1-16(2,3)23-15(22)20-9-8-19(11-13(20)14(21)17-4)12-6-5-7-18-10-12/h5-7,10,13H,8-9,11H2,1-4H3,(H,17,21). The number of rotatable bonds is 2. The lowest BCUT2D eigenvalue weighted by molar-refractivity contribution is -0.126. The molecule has 0 saturated carbocycles. The minimum Gasteiger partial charge on any atom is -0.444 e. The van der Waals surface area contributed by atoms with Gasteiger partial charge in [0.15, 0.2) is 0 Å². The summed E-state index contributed by atoms with van der Waals surface area (Å²) < 4.78 is 5.42. The molecule has 0 radical (unpaired) electrons. The minimum absolute atomic E-state index is 0.204. The summed E-state index contributed by atoms with van der Waals surface area (Å²) in [6.07, 6.45) is 3.00. The zero-order valence-corrected chi connectivity index (χ0v) is 14.1. The quantitative estimate of drug-likeness (QED) is 0.888. The molecule has 1 aromatic rings. The predicted octanol–water partition coefficient (Wildman–Crippen LogP) is 1.25. The molecule has 1 N–H and O–H groups in total. The van der Waals surface area contributed by atoms with Crippen LogP contribution in [0.25, 0.3) is 0 Å². The van der Waals surface area contributed by atoms with Gasteiger partial charge in [0.25, 0.3) is 0 Å². The Morgan fingerprint density at radius 3 is 2.65 bits per heavy atom. The van der Waals surface area contributed by atoms with Gasteiger partial charge in [0.05, 0.1) is 11.9 Å². The third-order valence-corrected chi connectivity index (χ3v) is 3.57. The van der Waals surface area contributed by atoms with E-state index in [1.54, 1.807) is 19.4 Å². The lowest BCUT2D eigenvalue weighted by Gasteiger charge is -2.41. The number of nitrogens with zero attached hydrogens (tertiary/aromatic N) is 3. The van der Waals surface area contributed by atoms with Crippen molar-refractivity contribution in [1.29, 1.82) is 0 Å². The number of aromatic nitrogens is 1. The van der Waals surface area contributed by atoms with Crippen molar-refractivity contribution in [2.24, 2.45) is 0 Å². The van der Waals surface area contributed by atoms with Crippen molar-refractivity contribution in [1.82, 2.24) is 15.2 Å². The topological polar surface area (TPSA) is 74.8 Å². The molecule has 126 valence electrons. The van der Waals surface area contributed by atoms with E-state index in [-0.39, 0.29) is 5.91 Å². The molecule has 0 aliphatic carbocycles. The van der Waals surface area contributed by atoms with Crippen LogP contribution in [0.4, 0.5) is 10.5 Å². The molecule has 1 saturated heterocycles. The van der Waals surface area contributed by atoms with Gasteiger partial charge in [-0.1, -0.05) is 0 Å². The van der Waals surface area contributed by atoms with E-state index in [0.29, 0.717) is 19.6 Å². The highest BCUT2D eigenvalue weighted by molar-refractivity contribution is 5.86. The molecule has 2 rings (SSSR count). The average Bonchev–Trinajstić information content (AvgIpc) is 2.52. The van der Waals surface area contributed by atoms with Crippen molar-refractivity contribution in [2.45, 2.75) is 32.4 Å². The summed E-state index contributed by atoms with van der Waals surface area (Å²) >= 11 is 0. The first-order chi connectivity index (χ1) is 10.8. The van der Waals surface area contributed by atoms with Gasteiger partial charge in [-0.15, -0.1) is 0 Å². The highest BCUT2D eigenvalue weighted by Crippen LogP contribution is 2.20. The van der Waals surface area contributed by atoms with E-state index in [9.17, 15) is 9.59 Å². The Labute approximate surface area is 136 Å². The van der Waals surface area contributed by atoms with Crippen LogP contribution in [0.2, 0.25) is 0 Å². The Kier molecular flexibility index (Phi) is 5.08. The molecule has 7 heteroatoms. The highest BCUT2D eigenvalue weighted by atomic mass is 16.6. The molecular weight excluding hydrogens is 296 g/mol. The number of carbonyl (C=O) groups is 2. The van der Waals surface area contributed by atoms with Gasteiger partial charge in [0, 0.05) is 32.9 Å². The van der Waals surface area contributed by atoms with Crippen LogP contribution in [0, 0.1) is 0 Å². The lowest BCUT2D eigenvalue weighted by atomic mass is 10.1. The zero-order chi connectivity index (χ0) is 17.0. The first-order valence-corrected chi connectivity index (χ1v) is 7.68. The third-order valence-electron chi connectivity index (χ3n) is 3.57. The van der Waals surface area contributed by atoms with E-state index >= 15 is 0 Å². The van der Waals surface area contributed by atoms with Crippen molar-refractivity contribution < 1.29 is 14.3 Å². The minimum atomic E-state index is -0.594. The highest BCUT2D eigenvalue weighted by Gasteiger charge is 2.37. The van der Waals surface area contributed by atoms with Gasteiger partial charge < -0.3 is 15.0 Å². The largest absolute Gasteiger partial charge is 0.444 e. The molecule has 2 amide bonds. The Hall–Kier alpha value is -2.31. The second-order valence-electron chi connectivity index (χ2n) is 6.46. The summed E-state index contributed by atoms with van der Waals surface area (Å²) in [6, 6.07) is 3.20. The van der Waals surface area contributed by atoms with E-state index in [1.165, 1.54) is 4.90 Å². The van der Waals surface area contributed by atoms with Crippen molar-refractivity contribution in [3.05, 3.63) is 24.5 Å². The van der Waals surface area contributed by atoms with Gasteiger partial charge in [-0.3, -0.25) is 14.7 Å².